The second kappa shape index (κ2) is 8.64. The lowest BCUT2D eigenvalue weighted by Crippen LogP contribution is -2.28. The first kappa shape index (κ1) is 21.7. The number of carbonyl (C=O) groups is 1. The van der Waals surface area contributed by atoms with Crippen molar-refractivity contribution in [3.05, 3.63) is 70.2 Å². The van der Waals surface area contributed by atoms with Crippen molar-refractivity contribution in [2.24, 2.45) is 0 Å². The summed E-state index contributed by atoms with van der Waals surface area (Å²) in [7, 11) is 3.06. The summed E-state index contributed by atoms with van der Waals surface area (Å²) in [5.41, 5.74) is 4.49. The highest BCUT2D eigenvalue weighted by molar-refractivity contribution is 7.18. The molecule has 0 bridgehead atoms. The number of carbonyl (C=O) groups excluding carboxylic acids is 1. The topological polar surface area (TPSA) is 99.7 Å². The van der Waals surface area contributed by atoms with E-state index in [-0.39, 0.29) is 6.54 Å². The van der Waals surface area contributed by atoms with E-state index in [0.717, 1.165) is 26.0 Å². The number of methoxy groups -OCH3 is 2. The summed E-state index contributed by atoms with van der Waals surface area (Å²) in [5.74, 6) is 0.668. The van der Waals surface area contributed by atoms with Crippen LogP contribution >= 0.6 is 11.3 Å². The Morgan fingerprint density at radius 2 is 1.79 bits per heavy atom. The van der Waals surface area contributed by atoms with Crippen LogP contribution in [-0.2, 0) is 11.3 Å². The molecule has 1 amide bonds. The zero-order valence-corrected chi connectivity index (χ0v) is 19.5. The minimum Gasteiger partial charge on any atom is -0.497 e. The van der Waals surface area contributed by atoms with E-state index < -0.39 is 11.6 Å². The van der Waals surface area contributed by atoms with E-state index in [0.29, 0.717) is 22.8 Å². The minimum absolute atomic E-state index is 0.252. The number of ether oxygens (including phenoxy) is 2. The number of hydrogen-bond acceptors (Lipinski definition) is 7. The van der Waals surface area contributed by atoms with Gasteiger partial charge in [0, 0.05) is 34.8 Å². The first-order chi connectivity index (χ1) is 16.5. The van der Waals surface area contributed by atoms with E-state index >= 15 is 0 Å². The van der Waals surface area contributed by atoms with Gasteiger partial charge in [-0.15, -0.1) is 16.4 Å². The fourth-order valence-electron chi connectivity index (χ4n) is 3.69. The summed E-state index contributed by atoms with van der Waals surface area (Å²) in [5, 5.41) is 9.20. The Morgan fingerprint density at radius 3 is 2.47 bits per heavy atom. The summed E-state index contributed by atoms with van der Waals surface area (Å²) in [6, 6.07) is 13.2. The lowest BCUT2D eigenvalue weighted by molar-refractivity contribution is -0.117. The number of benzene rings is 2. The predicted molar refractivity (Wildman–Crippen MR) is 131 cm³/mol. The fourth-order valence-corrected chi connectivity index (χ4v) is 4.69. The van der Waals surface area contributed by atoms with Crippen molar-refractivity contribution in [2.75, 3.05) is 19.5 Å². The number of amides is 1. The third kappa shape index (κ3) is 3.88. The molecule has 0 fully saturated rings. The fraction of sp³-hybridized carbons (Fsp3) is 0.167. The van der Waals surface area contributed by atoms with Gasteiger partial charge in [-0.25, -0.2) is 18.9 Å². The molecule has 3 heterocycles. The van der Waals surface area contributed by atoms with Gasteiger partial charge in [0.05, 0.1) is 24.4 Å². The highest BCUT2D eigenvalue weighted by Gasteiger charge is 2.17. The van der Waals surface area contributed by atoms with E-state index in [9.17, 15) is 9.59 Å². The maximum atomic E-state index is 12.9. The molecule has 0 aliphatic heterocycles. The molecule has 2 aromatic carbocycles. The molecular weight excluding hydrogens is 454 g/mol. The predicted octanol–water partition coefficient (Wildman–Crippen LogP) is 3.74. The molecule has 0 atom stereocenters. The second-order valence-electron chi connectivity index (χ2n) is 7.72. The van der Waals surface area contributed by atoms with Crippen molar-refractivity contribution in [3.63, 3.8) is 0 Å². The summed E-state index contributed by atoms with van der Waals surface area (Å²) < 4.78 is 13.7. The molecule has 5 aromatic rings. The molecule has 5 rings (SSSR count). The first-order valence-electron chi connectivity index (χ1n) is 10.4. The molecule has 9 nitrogen and oxygen atoms in total. The quantitative estimate of drug-likeness (QED) is 0.402. The summed E-state index contributed by atoms with van der Waals surface area (Å²) in [4.78, 5) is 30.1. The van der Waals surface area contributed by atoms with Crippen molar-refractivity contribution in [2.45, 2.75) is 13.5 Å². The molecule has 10 heteroatoms. The molecule has 0 radical (unpaired) electrons. The van der Waals surface area contributed by atoms with Gasteiger partial charge in [0.15, 0.2) is 5.65 Å². The van der Waals surface area contributed by atoms with E-state index in [2.05, 4.69) is 15.4 Å². The average Bonchev–Trinajstić information content (AvgIpc) is 3.40. The van der Waals surface area contributed by atoms with Gasteiger partial charge < -0.3 is 14.8 Å². The number of fused-ring (bicyclic) bond motifs is 3. The van der Waals surface area contributed by atoms with Crippen LogP contribution in [0.4, 0.5) is 5.69 Å². The van der Waals surface area contributed by atoms with Gasteiger partial charge in [-0.3, -0.25) is 4.79 Å². The molecule has 34 heavy (non-hydrogen) atoms. The van der Waals surface area contributed by atoms with Gasteiger partial charge in [-0.05, 0) is 12.5 Å². The minimum atomic E-state index is -0.437. The highest BCUT2D eigenvalue weighted by atomic mass is 32.1. The van der Waals surface area contributed by atoms with Crippen LogP contribution in [0.25, 0.3) is 27.0 Å². The maximum Gasteiger partial charge on any atom is 0.352 e. The van der Waals surface area contributed by atoms with Crippen LogP contribution in [0.15, 0.2) is 59.0 Å². The normalized spacial score (nSPS) is 11.1. The van der Waals surface area contributed by atoms with E-state index in [4.69, 9.17) is 9.47 Å². The van der Waals surface area contributed by atoms with Crippen molar-refractivity contribution < 1.29 is 14.3 Å². The Bertz CT molecular complexity index is 1560. The number of nitrogens with one attached hydrogen (secondary N) is 1. The lowest BCUT2D eigenvalue weighted by atomic mass is 10.1. The van der Waals surface area contributed by atoms with Crippen LogP contribution in [0.5, 0.6) is 11.5 Å². The molecule has 0 aliphatic carbocycles. The monoisotopic (exact) mass is 475 g/mol. The van der Waals surface area contributed by atoms with E-state index in [1.165, 1.54) is 41.8 Å². The standard InChI is InChI=1S/C24H21N5O4S/c1-14-4-6-15(7-5-14)19-12-34-22-21(19)25-13-28-23(22)27-29(24(28)31)11-20(30)26-16-8-17(32-2)10-18(9-16)33-3/h4-10,12-13H,11H2,1-3H3,(H,26,30). The number of anilines is 1. The van der Waals surface area contributed by atoms with Crippen LogP contribution < -0.4 is 20.5 Å². The second-order valence-corrected chi connectivity index (χ2v) is 8.60. The Hall–Kier alpha value is -4.18. The Kier molecular flexibility index (Phi) is 5.50. The number of rotatable bonds is 6. The third-order valence-corrected chi connectivity index (χ3v) is 6.40. The molecule has 0 saturated heterocycles. The lowest BCUT2D eigenvalue weighted by Gasteiger charge is -2.09. The molecular formula is C24H21N5O4S. The molecule has 0 aliphatic rings. The first-order valence-corrected chi connectivity index (χ1v) is 11.3. The van der Waals surface area contributed by atoms with Crippen molar-refractivity contribution >= 4 is 38.8 Å². The maximum absolute atomic E-state index is 12.9. The van der Waals surface area contributed by atoms with Gasteiger partial charge in [0.1, 0.15) is 24.4 Å². The van der Waals surface area contributed by atoms with Crippen LogP contribution in [0, 0.1) is 6.92 Å². The summed E-state index contributed by atoms with van der Waals surface area (Å²) in [6.45, 7) is 1.79. The summed E-state index contributed by atoms with van der Waals surface area (Å²) in [6.07, 6.45) is 1.46. The Balaban J connectivity index is 1.46. The highest BCUT2D eigenvalue weighted by Crippen LogP contribution is 2.34. The zero-order chi connectivity index (χ0) is 23.8. The van der Waals surface area contributed by atoms with Gasteiger partial charge in [-0.2, -0.15) is 0 Å². The molecule has 1 N–H and O–H groups in total. The number of aryl methyl sites for hydroxylation is 1. The number of nitrogens with zero attached hydrogens (tertiary/aromatic N) is 4. The molecule has 0 spiro atoms. The van der Waals surface area contributed by atoms with Gasteiger partial charge >= 0.3 is 5.69 Å². The molecule has 0 saturated carbocycles. The molecule has 0 unspecified atom stereocenters. The smallest absolute Gasteiger partial charge is 0.352 e. The average molecular weight is 476 g/mol. The van der Waals surface area contributed by atoms with Gasteiger partial charge in [0.2, 0.25) is 5.91 Å². The third-order valence-electron chi connectivity index (χ3n) is 5.43. The van der Waals surface area contributed by atoms with Gasteiger partial charge in [0.25, 0.3) is 0 Å². The van der Waals surface area contributed by atoms with Crippen LogP contribution in [0.1, 0.15) is 5.56 Å². The van der Waals surface area contributed by atoms with Crippen LogP contribution in [0.3, 0.4) is 0 Å². The van der Waals surface area contributed by atoms with Crippen LogP contribution in [-0.4, -0.2) is 39.3 Å². The van der Waals surface area contributed by atoms with Crippen LogP contribution in [0.2, 0.25) is 0 Å². The van der Waals surface area contributed by atoms with Gasteiger partial charge in [-0.1, -0.05) is 29.8 Å². The largest absolute Gasteiger partial charge is 0.497 e. The Labute approximate surface area is 198 Å². The molecule has 3 aromatic heterocycles. The van der Waals surface area contributed by atoms with E-state index in [1.54, 1.807) is 18.2 Å². The number of hydrogen-bond donors (Lipinski definition) is 1. The Morgan fingerprint density at radius 1 is 1.09 bits per heavy atom. The zero-order valence-electron chi connectivity index (χ0n) is 18.7. The van der Waals surface area contributed by atoms with E-state index in [1.807, 2.05) is 36.6 Å². The van der Waals surface area contributed by atoms with Crippen molar-refractivity contribution in [1.82, 2.24) is 19.2 Å². The number of aromatic nitrogens is 4. The summed E-state index contributed by atoms with van der Waals surface area (Å²) >= 11 is 1.47. The van der Waals surface area contributed by atoms with Crippen molar-refractivity contribution in [1.29, 1.82) is 0 Å². The molecule has 172 valence electrons. The number of thiophene rings is 1. The SMILES string of the molecule is COc1cc(NC(=O)Cn2nc3c4scc(-c5ccc(C)cc5)c4ncn3c2=O)cc(OC)c1. The van der Waals surface area contributed by atoms with Crippen molar-refractivity contribution in [3.8, 4) is 22.6 Å².